The topological polar surface area (TPSA) is 37.3 Å². The molecule has 2 heteroatoms. The van der Waals surface area contributed by atoms with Crippen molar-refractivity contribution in [3.63, 3.8) is 0 Å². The van der Waals surface area contributed by atoms with Crippen LogP contribution >= 0.6 is 0 Å². The average molecular weight is 238 g/mol. The molecule has 0 radical (unpaired) electrons. The Morgan fingerprint density at radius 3 is 2.18 bits per heavy atom. The number of allylic oxidation sites excluding steroid dienone is 3. The number of carboxylic acids is 1. The summed E-state index contributed by atoms with van der Waals surface area (Å²) in [6.07, 6.45) is 6.13. The van der Waals surface area contributed by atoms with Gasteiger partial charge in [-0.2, -0.15) is 0 Å². The van der Waals surface area contributed by atoms with Crippen molar-refractivity contribution in [2.45, 2.75) is 60.3 Å². The maximum Gasteiger partial charge on any atom is 0.331 e. The van der Waals surface area contributed by atoms with Crippen LogP contribution in [0.15, 0.2) is 22.8 Å². The van der Waals surface area contributed by atoms with E-state index < -0.39 is 5.97 Å². The molecular weight excluding hydrogens is 212 g/mol. The van der Waals surface area contributed by atoms with Crippen LogP contribution in [0.2, 0.25) is 0 Å². The van der Waals surface area contributed by atoms with Crippen LogP contribution in [0.5, 0.6) is 0 Å². The summed E-state index contributed by atoms with van der Waals surface area (Å²) in [6, 6.07) is 0. The first-order valence-electron chi connectivity index (χ1n) is 6.37. The first kappa shape index (κ1) is 16.0. The highest BCUT2D eigenvalue weighted by atomic mass is 16.4. The Bertz CT molecular complexity index is 303. The quantitative estimate of drug-likeness (QED) is 0.521. The van der Waals surface area contributed by atoms with Gasteiger partial charge in [-0.3, -0.25) is 0 Å². The maximum absolute atomic E-state index is 11.0. The van der Waals surface area contributed by atoms with E-state index in [1.807, 2.05) is 13.8 Å². The van der Waals surface area contributed by atoms with Crippen LogP contribution in [0.3, 0.4) is 0 Å². The molecule has 0 aliphatic carbocycles. The Kier molecular flexibility index (Phi) is 7.60. The van der Waals surface area contributed by atoms with Gasteiger partial charge in [-0.25, -0.2) is 4.79 Å². The van der Waals surface area contributed by atoms with Gasteiger partial charge in [0.15, 0.2) is 0 Å². The van der Waals surface area contributed by atoms with Gasteiger partial charge in [0.2, 0.25) is 0 Å². The Morgan fingerprint density at radius 1 is 1.18 bits per heavy atom. The lowest BCUT2D eigenvalue weighted by atomic mass is 9.95. The number of carbonyl (C=O) groups is 1. The number of hydrogen-bond donors (Lipinski definition) is 1. The van der Waals surface area contributed by atoms with Gasteiger partial charge in [0.1, 0.15) is 0 Å². The van der Waals surface area contributed by atoms with Crippen LogP contribution in [-0.2, 0) is 4.79 Å². The molecule has 0 saturated carbocycles. The maximum atomic E-state index is 11.0. The molecule has 2 nitrogen and oxygen atoms in total. The SMILES string of the molecule is CC(C)=CCCC(C)CCC(C(=O)O)=C(C)C. The second-order valence-corrected chi connectivity index (χ2v) is 5.29. The summed E-state index contributed by atoms with van der Waals surface area (Å²) in [7, 11) is 0. The highest BCUT2D eigenvalue weighted by molar-refractivity contribution is 5.87. The van der Waals surface area contributed by atoms with Crippen molar-refractivity contribution in [1.29, 1.82) is 0 Å². The van der Waals surface area contributed by atoms with Crippen molar-refractivity contribution in [3.05, 3.63) is 22.8 Å². The van der Waals surface area contributed by atoms with Gasteiger partial charge in [0.25, 0.3) is 0 Å². The van der Waals surface area contributed by atoms with Crippen LogP contribution in [0.25, 0.3) is 0 Å². The van der Waals surface area contributed by atoms with Crippen LogP contribution < -0.4 is 0 Å². The van der Waals surface area contributed by atoms with E-state index in [0.29, 0.717) is 17.9 Å². The van der Waals surface area contributed by atoms with Crippen LogP contribution in [0.4, 0.5) is 0 Å². The molecule has 0 rings (SSSR count). The van der Waals surface area contributed by atoms with E-state index in [0.717, 1.165) is 24.8 Å². The zero-order valence-corrected chi connectivity index (χ0v) is 11.8. The minimum Gasteiger partial charge on any atom is -0.478 e. The van der Waals surface area contributed by atoms with E-state index in [2.05, 4.69) is 26.8 Å². The van der Waals surface area contributed by atoms with Crippen LogP contribution in [-0.4, -0.2) is 11.1 Å². The van der Waals surface area contributed by atoms with Gasteiger partial charge in [-0.05, 0) is 59.3 Å². The summed E-state index contributed by atoms with van der Waals surface area (Å²) in [6.45, 7) is 10.2. The van der Waals surface area contributed by atoms with Gasteiger partial charge in [-0.15, -0.1) is 0 Å². The molecule has 0 aromatic heterocycles. The largest absolute Gasteiger partial charge is 0.478 e. The standard InChI is InChI=1S/C15H26O2/c1-11(2)7-6-8-13(5)9-10-14(12(3)4)15(16)17/h7,13H,6,8-10H2,1-5H3,(H,16,17). The first-order chi connectivity index (χ1) is 7.84. The number of aliphatic carboxylic acids is 1. The summed E-state index contributed by atoms with van der Waals surface area (Å²) < 4.78 is 0. The normalized spacial score (nSPS) is 11.8. The van der Waals surface area contributed by atoms with Gasteiger partial charge in [-0.1, -0.05) is 24.1 Å². The van der Waals surface area contributed by atoms with E-state index >= 15 is 0 Å². The molecule has 98 valence electrons. The van der Waals surface area contributed by atoms with Gasteiger partial charge in [0.05, 0.1) is 0 Å². The number of rotatable bonds is 7. The molecule has 0 amide bonds. The summed E-state index contributed by atoms with van der Waals surface area (Å²) in [4.78, 5) is 11.0. The molecule has 0 aromatic carbocycles. The van der Waals surface area contributed by atoms with Crippen molar-refractivity contribution < 1.29 is 9.90 Å². The third-order valence-corrected chi connectivity index (χ3v) is 2.96. The highest BCUT2D eigenvalue weighted by Gasteiger charge is 2.11. The molecule has 0 aliphatic heterocycles. The lowest BCUT2D eigenvalue weighted by molar-refractivity contribution is -0.132. The first-order valence-corrected chi connectivity index (χ1v) is 6.37. The molecule has 1 N–H and O–H groups in total. The van der Waals surface area contributed by atoms with Crippen molar-refractivity contribution >= 4 is 5.97 Å². The molecule has 0 aromatic rings. The van der Waals surface area contributed by atoms with Gasteiger partial charge in [0, 0.05) is 5.57 Å². The summed E-state index contributed by atoms with van der Waals surface area (Å²) >= 11 is 0. The van der Waals surface area contributed by atoms with Gasteiger partial charge >= 0.3 is 5.97 Å². The predicted molar refractivity (Wildman–Crippen MR) is 73.1 cm³/mol. The minimum absolute atomic E-state index is 0.582. The zero-order valence-electron chi connectivity index (χ0n) is 11.8. The van der Waals surface area contributed by atoms with E-state index in [-0.39, 0.29) is 0 Å². The predicted octanol–water partition coefficient (Wildman–Crippen LogP) is 4.57. The number of hydrogen-bond acceptors (Lipinski definition) is 1. The molecule has 17 heavy (non-hydrogen) atoms. The number of carboxylic acid groups (broad SMARTS) is 1. The van der Waals surface area contributed by atoms with Crippen molar-refractivity contribution in [3.8, 4) is 0 Å². The highest BCUT2D eigenvalue weighted by Crippen LogP contribution is 2.19. The monoisotopic (exact) mass is 238 g/mol. The molecule has 1 unspecified atom stereocenters. The van der Waals surface area contributed by atoms with E-state index in [9.17, 15) is 4.79 Å². The average Bonchev–Trinajstić information content (AvgIpc) is 2.15. The second kappa shape index (κ2) is 8.10. The Morgan fingerprint density at radius 2 is 1.76 bits per heavy atom. The Labute approximate surface area is 105 Å². The Balaban J connectivity index is 4.07. The molecule has 0 bridgehead atoms. The van der Waals surface area contributed by atoms with Crippen molar-refractivity contribution in [1.82, 2.24) is 0 Å². The summed E-state index contributed by atoms with van der Waals surface area (Å²) in [5, 5.41) is 9.04. The molecular formula is C15H26O2. The minimum atomic E-state index is -0.763. The van der Waals surface area contributed by atoms with Gasteiger partial charge < -0.3 is 5.11 Å². The van der Waals surface area contributed by atoms with E-state index in [1.54, 1.807) is 0 Å². The van der Waals surface area contributed by atoms with Crippen LogP contribution in [0, 0.1) is 5.92 Å². The van der Waals surface area contributed by atoms with Crippen molar-refractivity contribution in [2.24, 2.45) is 5.92 Å². The second-order valence-electron chi connectivity index (χ2n) is 5.29. The molecule has 0 spiro atoms. The molecule has 1 atom stereocenters. The smallest absolute Gasteiger partial charge is 0.331 e. The van der Waals surface area contributed by atoms with E-state index in [1.165, 1.54) is 5.57 Å². The zero-order chi connectivity index (χ0) is 13.4. The Hall–Kier alpha value is -1.05. The lowest BCUT2D eigenvalue weighted by Crippen LogP contribution is -2.05. The molecule has 0 fully saturated rings. The fourth-order valence-corrected chi connectivity index (χ4v) is 1.76. The third-order valence-electron chi connectivity index (χ3n) is 2.96. The fraction of sp³-hybridized carbons (Fsp3) is 0.667. The molecule has 0 aliphatic rings. The molecule has 0 heterocycles. The summed E-state index contributed by atoms with van der Waals surface area (Å²) in [5.41, 5.74) is 2.86. The lowest BCUT2D eigenvalue weighted by Gasteiger charge is -2.11. The van der Waals surface area contributed by atoms with Crippen LogP contribution in [0.1, 0.15) is 60.3 Å². The summed E-state index contributed by atoms with van der Waals surface area (Å²) in [5.74, 6) is -0.180. The molecule has 0 saturated heterocycles. The van der Waals surface area contributed by atoms with Crippen molar-refractivity contribution in [2.75, 3.05) is 0 Å². The van der Waals surface area contributed by atoms with E-state index in [4.69, 9.17) is 5.11 Å². The third kappa shape index (κ3) is 7.78. The fourth-order valence-electron chi connectivity index (χ4n) is 1.76.